The molecular weight excluding hydrogens is 384 g/mol. The molecule has 0 aromatic carbocycles. The monoisotopic (exact) mass is 415 g/mol. The minimum atomic E-state index is -1.52. The first-order chi connectivity index (χ1) is 10.4. The summed E-state index contributed by atoms with van der Waals surface area (Å²) in [5.74, 6) is 1.19. The Morgan fingerprint density at radius 1 is 0.818 bits per heavy atom. The van der Waals surface area contributed by atoms with E-state index < -0.39 is 18.2 Å². The summed E-state index contributed by atoms with van der Waals surface area (Å²) in [6, 6.07) is 0. The van der Waals surface area contributed by atoms with Crippen LogP contribution in [0, 0.1) is 23.7 Å². The Morgan fingerprint density at radius 3 is 1.73 bits per heavy atom. The van der Waals surface area contributed by atoms with E-state index in [2.05, 4.69) is 0 Å². The number of rotatable bonds is 5. The molecule has 0 saturated heterocycles. The first-order valence-corrected chi connectivity index (χ1v) is 10.8. The van der Waals surface area contributed by atoms with Crippen molar-refractivity contribution in [1.82, 2.24) is 0 Å². The molecule has 2 rings (SSSR count). The fraction of sp³-hybridized carbons (Fsp3) is 1.00. The zero-order valence-corrected chi connectivity index (χ0v) is 17.0. The summed E-state index contributed by atoms with van der Waals surface area (Å²) in [6.45, 7) is 3.45. The molecule has 0 spiro atoms. The zero-order valence-electron chi connectivity index (χ0n) is 14.1. The topological polar surface area (TPSA) is 0 Å². The van der Waals surface area contributed by atoms with Crippen LogP contribution in [0.2, 0.25) is 9.75 Å². The third kappa shape index (κ3) is 4.86. The number of hydrogen-bond donors (Lipinski definition) is 0. The van der Waals surface area contributed by atoms with Crippen LogP contribution in [0.3, 0.4) is 0 Å². The fourth-order valence-electron chi connectivity index (χ4n) is 4.57. The molecule has 0 bridgehead atoms. The Kier molecular flexibility index (Phi) is 7.55. The molecule has 0 aliphatic heterocycles. The van der Waals surface area contributed by atoms with Gasteiger partial charge in [-0.25, -0.2) is 0 Å². The summed E-state index contributed by atoms with van der Waals surface area (Å²) in [4.78, 5) is 0. The second-order valence-corrected chi connectivity index (χ2v) is 10.2. The van der Waals surface area contributed by atoms with Gasteiger partial charge in [0.05, 0.1) is 7.85 Å². The van der Waals surface area contributed by atoms with E-state index in [1.54, 1.807) is 29.4 Å². The van der Waals surface area contributed by atoms with E-state index in [0.717, 1.165) is 28.6 Å². The molecule has 123 valence electrons. The molecule has 0 N–H and O–H groups in total. The van der Waals surface area contributed by atoms with Crippen molar-refractivity contribution in [2.24, 2.45) is 23.7 Å². The predicted octanol–water partition coefficient (Wildman–Crippen LogP) is 5.23. The van der Waals surface area contributed by atoms with E-state index in [4.69, 9.17) is 7.85 Å². The molecule has 0 aromatic rings. The summed E-state index contributed by atoms with van der Waals surface area (Å²) in [5, 5.41) is 0. The van der Waals surface area contributed by atoms with Gasteiger partial charge in [-0.3, -0.25) is 0 Å². The summed E-state index contributed by atoms with van der Waals surface area (Å²) in [7, 11) is 5.52. The normalized spacial score (nSPS) is 39.0. The van der Waals surface area contributed by atoms with Crippen LogP contribution in [0.5, 0.6) is 0 Å². The third-order valence-corrected chi connectivity index (χ3v) is 7.96. The van der Waals surface area contributed by atoms with Crippen molar-refractivity contribution in [2.45, 2.75) is 87.3 Å². The van der Waals surface area contributed by atoms with Crippen LogP contribution in [0.4, 0.5) is 8.78 Å². The van der Waals surface area contributed by atoms with E-state index in [1.807, 2.05) is 6.92 Å². The minimum absolute atomic E-state index is 0.197. The molecule has 4 unspecified atom stereocenters. The SMILES string of the molecule is [B]C(C)C(F)C(F)C(C)C1CCC(C2CC[CH]([Sn])CC2)CC1. The zero-order chi connectivity index (χ0) is 16.3. The first-order valence-electron chi connectivity index (χ1n) is 9.15. The maximum atomic E-state index is 14.3. The molecule has 22 heavy (non-hydrogen) atoms. The van der Waals surface area contributed by atoms with E-state index in [-0.39, 0.29) is 5.92 Å². The van der Waals surface area contributed by atoms with Crippen LogP contribution >= 0.6 is 0 Å². The molecule has 2 aliphatic rings. The van der Waals surface area contributed by atoms with Gasteiger partial charge in [0.1, 0.15) is 0 Å². The van der Waals surface area contributed by atoms with Crippen molar-refractivity contribution in [1.29, 1.82) is 0 Å². The molecule has 4 atom stereocenters. The van der Waals surface area contributed by atoms with Gasteiger partial charge in [0.2, 0.25) is 0 Å². The second kappa shape index (κ2) is 8.71. The van der Waals surface area contributed by atoms with Crippen molar-refractivity contribution in [3.8, 4) is 0 Å². The number of halogens is 2. The van der Waals surface area contributed by atoms with Crippen LogP contribution in [0.1, 0.15) is 65.2 Å². The van der Waals surface area contributed by atoms with E-state index in [9.17, 15) is 8.78 Å². The van der Waals surface area contributed by atoms with Crippen molar-refractivity contribution in [3.63, 3.8) is 0 Å². The average Bonchev–Trinajstić information content (AvgIpc) is 2.53. The van der Waals surface area contributed by atoms with Gasteiger partial charge in [-0.15, -0.1) is 0 Å². The van der Waals surface area contributed by atoms with Gasteiger partial charge < -0.3 is 0 Å². The molecule has 2 fully saturated rings. The Bertz CT molecular complexity index is 323. The van der Waals surface area contributed by atoms with Crippen LogP contribution < -0.4 is 0 Å². The molecule has 2 saturated carbocycles. The quantitative estimate of drug-likeness (QED) is 0.541. The van der Waals surface area contributed by atoms with Crippen LogP contribution in [-0.2, 0) is 0 Å². The molecule has 4 heteroatoms. The Balaban J connectivity index is 1.79. The molecule has 0 heterocycles. The molecule has 0 aromatic heterocycles. The Hall–Kier alpha value is 0.724. The third-order valence-electron chi connectivity index (χ3n) is 6.31. The van der Waals surface area contributed by atoms with Gasteiger partial charge in [0.25, 0.3) is 0 Å². The predicted molar refractivity (Wildman–Crippen MR) is 91.0 cm³/mol. The van der Waals surface area contributed by atoms with Crippen molar-refractivity contribution in [3.05, 3.63) is 0 Å². The molecule has 2 aliphatic carbocycles. The number of hydrogen-bond acceptors (Lipinski definition) is 0. The summed E-state index contributed by atoms with van der Waals surface area (Å²) < 4.78 is 29.1. The Morgan fingerprint density at radius 2 is 1.27 bits per heavy atom. The van der Waals surface area contributed by atoms with E-state index in [1.165, 1.54) is 38.5 Å². The maximum absolute atomic E-state index is 14.3. The van der Waals surface area contributed by atoms with Gasteiger partial charge in [0.15, 0.2) is 0 Å². The molecule has 5 radical (unpaired) electrons. The standard InChI is InChI=1S/C18H30BF2.Sn/c1-12(17(20)18(21)13(2)19)14-8-10-16(11-9-14)15-6-4-3-5-7-15;/h3,12-18H,4-11H2,1-2H3;. The van der Waals surface area contributed by atoms with E-state index in [0.29, 0.717) is 5.92 Å². The van der Waals surface area contributed by atoms with E-state index >= 15 is 0 Å². The van der Waals surface area contributed by atoms with Crippen molar-refractivity contribution >= 4 is 30.4 Å². The van der Waals surface area contributed by atoms with Gasteiger partial charge >= 0.3 is 135 Å². The van der Waals surface area contributed by atoms with Crippen LogP contribution in [0.15, 0.2) is 0 Å². The Labute approximate surface area is 150 Å². The number of alkyl halides is 2. The summed E-state index contributed by atoms with van der Waals surface area (Å²) >= 11 is 1.71. The van der Waals surface area contributed by atoms with Crippen LogP contribution in [0.25, 0.3) is 0 Å². The molecular formula is C18H30BF2Sn. The van der Waals surface area contributed by atoms with Gasteiger partial charge in [-0.2, -0.15) is 0 Å². The summed E-state index contributed by atoms with van der Waals surface area (Å²) in [6.07, 6.45) is 7.34. The molecule has 0 nitrogen and oxygen atoms in total. The average molecular weight is 414 g/mol. The van der Waals surface area contributed by atoms with Gasteiger partial charge in [-0.1, -0.05) is 6.92 Å². The second-order valence-electron chi connectivity index (χ2n) is 7.89. The van der Waals surface area contributed by atoms with Crippen molar-refractivity contribution < 1.29 is 8.78 Å². The van der Waals surface area contributed by atoms with Crippen LogP contribution in [-0.4, -0.2) is 42.7 Å². The van der Waals surface area contributed by atoms with Gasteiger partial charge in [-0.05, 0) is 0 Å². The molecule has 0 amide bonds. The fourth-order valence-corrected chi connectivity index (χ4v) is 5.52. The van der Waals surface area contributed by atoms with Crippen molar-refractivity contribution in [2.75, 3.05) is 0 Å². The van der Waals surface area contributed by atoms with Gasteiger partial charge in [0, 0.05) is 0 Å². The summed E-state index contributed by atoms with van der Waals surface area (Å²) in [5.41, 5.74) is 0. The first kappa shape index (κ1) is 19.1.